The Morgan fingerprint density at radius 3 is 2.30 bits per heavy atom. The summed E-state index contributed by atoms with van der Waals surface area (Å²) in [6.45, 7) is 6.63. The highest BCUT2D eigenvalue weighted by Gasteiger charge is 2.05. The molecule has 1 heterocycles. The Labute approximate surface area is 115 Å². The summed E-state index contributed by atoms with van der Waals surface area (Å²) in [5.74, 6) is -0.410. The number of hydrogen-bond acceptors (Lipinski definition) is 5. The topological polar surface area (TPSA) is 65.5 Å². The second kappa shape index (κ2) is 5.79. The molecule has 1 aromatic carbocycles. The third kappa shape index (κ3) is 3.08. The second-order valence-corrected chi connectivity index (χ2v) is 3.78. The van der Waals surface area contributed by atoms with Crippen LogP contribution >= 0.6 is 0 Å². The molecule has 0 aliphatic carbocycles. The van der Waals surface area contributed by atoms with E-state index in [1.54, 1.807) is 24.3 Å². The quantitative estimate of drug-likeness (QED) is 0.484. The first kappa shape index (κ1) is 13.5. The van der Waals surface area contributed by atoms with Crippen molar-refractivity contribution in [3.8, 4) is 11.5 Å². The first-order valence-corrected chi connectivity index (χ1v) is 5.70. The third-order valence-electron chi connectivity index (χ3n) is 2.40. The molecule has 0 saturated carbocycles. The molecule has 100 valence electrons. The van der Waals surface area contributed by atoms with Crippen LogP contribution in [0.2, 0.25) is 0 Å². The Balaban J connectivity index is 2.29. The average Bonchev–Trinajstić information content (AvgIpc) is 2.47. The van der Waals surface area contributed by atoms with Gasteiger partial charge in [0.05, 0.1) is 11.7 Å². The van der Waals surface area contributed by atoms with E-state index in [1.807, 2.05) is 0 Å². The molecule has 1 aromatic heterocycles. The van der Waals surface area contributed by atoms with Crippen LogP contribution in [0, 0.1) is 0 Å². The van der Waals surface area contributed by atoms with Gasteiger partial charge >= 0.3 is 11.9 Å². The maximum Gasteiger partial charge on any atom is 0.335 e. The largest absolute Gasteiger partial charge is 0.423 e. The van der Waals surface area contributed by atoms with Gasteiger partial charge in [0.2, 0.25) is 0 Å². The predicted molar refractivity (Wildman–Crippen MR) is 73.4 cm³/mol. The number of esters is 2. The minimum atomic E-state index is -0.553. The van der Waals surface area contributed by atoms with Gasteiger partial charge in [0, 0.05) is 23.6 Å². The minimum Gasteiger partial charge on any atom is -0.423 e. The second-order valence-electron chi connectivity index (χ2n) is 3.78. The minimum absolute atomic E-state index is 0.318. The lowest BCUT2D eigenvalue weighted by molar-refractivity contribution is -0.129. The number of rotatable bonds is 4. The molecule has 0 bridgehead atoms. The lowest BCUT2D eigenvalue weighted by Gasteiger charge is -2.05. The molecular weight excluding hydrogens is 258 g/mol. The van der Waals surface area contributed by atoms with Crippen molar-refractivity contribution in [3.05, 3.63) is 55.8 Å². The van der Waals surface area contributed by atoms with E-state index in [4.69, 9.17) is 9.47 Å². The first-order valence-electron chi connectivity index (χ1n) is 5.70. The average molecular weight is 269 g/mol. The van der Waals surface area contributed by atoms with Gasteiger partial charge in [-0.25, -0.2) is 9.59 Å². The van der Waals surface area contributed by atoms with Crippen LogP contribution in [0.5, 0.6) is 11.5 Å². The summed E-state index contributed by atoms with van der Waals surface area (Å²) in [4.78, 5) is 26.3. The molecule has 2 aromatic rings. The third-order valence-corrected chi connectivity index (χ3v) is 2.40. The van der Waals surface area contributed by atoms with Gasteiger partial charge in [0.15, 0.2) is 0 Å². The van der Waals surface area contributed by atoms with Crippen LogP contribution in [0.25, 0.3) is 10.9 Å². The van der Waals surface area contributed by atoms with Crippen molar-refractivity contribution < 1.29 is 19.1 Å². The lowest BCUT2D eigenvalue weighted by atomic mass is 10.2. The molecule has 0 spiro atoms. The zero-order valence-electron chi connectivity index (χ0n) is 10.5. The van der Waals surface area contributed by atoms with Gasteiger partial charge in [0.1, 0.15) is 11.5 Å². The number of nitrogens with zero attached hydrogens (tertiary/aromatic N) is 1. The summed E-state index contributed by atoms with van der Waals surface area (Å²) in [6, 6.07) is 6.59. The zero-order chi connectivity index (χ0) is 14.5. The molecule has 0 N–H and O–H groups in total. The van der Waals surface area contributed by atoms with E-state index in [0.29, 0.717) is 17.0 Å². The van der Waals surface area contributed by atoms with Gasteiger partial charge in [-0.1, -0.05) is 13.2 Å². The molecule has 0 aliphatic rings. The normalized spacial score (nSPS) is 9.80. The molecule has 0 aliphatic heterocycles. The van der Waals surface area contributed by atoms with Crippen molar-refractivity contribution in [3.63, 3.8) is 0 Å². The Hall–Kier alpha value is -2.95. The first-order chi connectivity index (χ1) is 9.62. The fourth-order valence-electron chi connectivity index (χ4n) is 1.52. The van der Waals surface area contributed by atoms with Crippen LogP contribution in [0.3, 0.4) is 0 Å². The van der Waals surface area contributed by atoms with Gasteiger partial charge in [0.25, 0.3) is 0 Å². The number of benzene rings is 1. The molecule has 5 heteroatoms. The van der Waals surface area contributed by atoms with E-state index < -0.39 is 11.9 Å². The molecule has 0 saturated heterocycles. The van der Waals surface area contributed by atoms with E-state index in [9.17, 15) is 9.59 Å². The van der Waals surface area contributed by atoms with Crippen molar-refractivity contribution in [1.29, 1.82) is 0 Å². The Kier molecular flexibility index (Phi) is 3.91. The van der Waals surface area contributed by atoms with Crippen LogP contribution in [-0.2, 0) is 9.59 Å². The summed E-state index contributed by atoms with van der Waals surface area (Å²) in [5, 5.41) is 0.748. The molecule has 5 nitrogen and oxygen atoms in total. The van der Waals surface area contributed by atoms with Gasteiger partial charge in [-0.05, 0) is 18.2 Å². The molecule has 2 rings (SSSR count). The number of pyridine rings is 1. The van der Waals surface area contributed by atoms with Crippen LogP contribution in [0.15, 0.2) is 55.8 Å². The fraction of sp³-hybridized carbons (Fsp3) is 0. The smallest absolute Gasteiger partial charge is 0.335 e. The molecular formula is C15H11NO4. The van der Waals surface area contributed by atoms with Gasteiger partial charge < -0.3 is 9.47 Å². The number of carbonyl (C=O) groups excluding carboxylic acids is 2. The Bertz CT molecular complexity index is 645. The zero-order valence-corrected chi connectivity index (χ0v) is 10.5. The van der Waals surface area contributed by atoms with Crippen LogP contribution in [0.1, 0.15) is 0 Å². The standard InChI is InChI=1S/C15H11NO4/c1-3-14(17)19-11-6-5-10-7-12(20-15(18)4-2)9-16-13(10)8-11/h3-9H,1-2H2. The summed E-state index contributed by atoms with van der Waals surface area (Å²) >= 11 is 0. The number of aromatic nitrogens is 1. The van der Waals surface area contributed by atoms with Crippen molar-refractivity contribution in [2.24, 2.45) is 0 Å². The predicted octanol–water partition coefficient (Wildman–Crippen LogP) is 2.42. The summed E-state index contributed by atoms with van der Waals surface area (Å²) in [5.41, 5.74) is 0.609. The van der Waals surface area contributed by atoms with E-state index in [-0.39, 0.29) is 0 Å². The number of fused-ring (bicyclic) bond motifs is 1. The summed E-state index contributed by atoms with van der Waals surface area (Å²) < 4.78 is 9.95. The van der Waals surface area contributed by atoms with Crippen molar-refractivity contribution >= 4 is 22.8 Å². The maximum absolute atomic E-state index is 11.1. The van der Waals surface area contributed by atoms with Gasteiger partial charge in [-0.3, -0.25) is 4.98 Å². The summed E-state index contributed by atoms with van der Waals surface area (Å²) in [6.07, 6.45) is 3.56. The molecule has 0 fully saturated rings. The van der Waals surface area contributed by atoms with Crippen LogP contribution in [0.4, 0.5) is 0 Å². The van der Waals surface area contributed by atoms with E-state index in [0.717, 1.165) is 17.5 Å². The molecule has 0 radical (unpaired) electrons. The number of ether oxygens (including phenoxy) is 2. The van der Waals surface area contributed by atoms with Gasteiger partial charge in [-0.2, -0.15) is 0 Å². The van der Waals surface area contributed by atoms with E-state index in [2.05, 4.69) is 18.1 Å². The number of carbonyl (C=O) groups is 2. The maximum atomic E-state index is 11.1. The highest BCUT2D eigenvalue weighted by atomic mass is 16.5. The lowest BCUT2D eigenvalue weighted by Crippen LogP contribution is -2.04. The van der Waals surface area contributed by atoms with Crippen LogP contribution < -0.4 is 9.47 Å². The molecule has 0 atom stereocenters. The van der Waals surface area contributed by atoms with Crippen molar-refractivity contribution in [2.45, 2.75) is 0 Å². The van der Waals surface area contributed by atoms with Crippen LogP contribution in [-0.4, -0.2) is 16.9 Å². The highest BCUT2D eigenvalue weighted by molar-refractivity contribution is 5.87. The van der Waals surface area contributed by atoms with E-state index >= 15 is 0 Å². The molecule has 0 unspecified atom stereocenters. The highest BCUT2D eigenvalue weighted by Crippen LogP contribution is 2.23. The molecule has 0 amide bonds. The molecule has 20 heavy (non-hydrogen) atoms. The van der Waals surface area contributed by atoms with Crippen molar-refractivity contribution in [1.82, 2.24) is 4.98 Å². The Morgan fingerprint density at radius 1 is 1.00 bits per heavy atom. The van der Waals surface area contributed by atoms with E-state index in [1.165, 1.54) is 6.20 Å². The monoisotopic (exact) mass is 269 g/mol. The fourth-order valence-corrected chi connectivity index (χ4v) is 1.52. The summed E-state index contributed by atoms with van der Waals surface area (Å²) in [7, 11) is 0. The Morgan fingerprint density at radius 2 is 1.65 bits per heavy atom. The van der Waals surface area contributed by atoms with Gasteiger partial charge in [-0.15, -0.1) is 0 Å². The van der Waals surface area contributed by atoms with Crippen molar-refractivity contribution in [2.75, 3.05) is 0 Å². The SMILES string of the molecule is C=CC(=O)Oc1cnc2cc(OC(=O)C=C)ccc2c1. The number of hydrogen-bond donors (Lipinski definition) is 0.